The Morgan fingerprint density at radius 1 is 1.04 bits per heavy atom. The molecular weight excluding hydrogens is 320 g/mol. The Labute approximate surface area is 143 Å². The largest absolute Gasteiger partial charge is 0.380 e. The van der Waals surface area contributed by atoms with E-state index in [4.69, 9.17) is 4.84 Å². The lowest BCUT2D eigenvalue weighted by molar-refractivity contribution is -0.0587. The minimum absolute atomic E-state index is 0.187. The van der Waals surface area contributed by atoms with Crippen LogP contribution in [0.25, 0.3) is 10.9 Å². The SMILES string of the molecule is CCc1cccc2[nH]c(C(=O)ON3C(=O)c4ccccc4C3=O)cc12. The van der Waals surface area contributed by atoms with Gasteiger partial charge in [-0.2, -0.15) is 0 Å². The molecule has 6 heteroatoms. The summed E-state index contributed by atoms with van der Waals surface area (Å²) < 4.78 is 0. The average Bonchev–Trinajstić information content (AvgIpc) is 3.17. The zero-order chi connectivity index (χ0) is 17.6. The lowest BCUT2D eigenvalue weighted by Gasteiger charge is -2.11. The third-order valence-corrected chi connectivity index (χ3v) is 4.29. The molecule has 6 nitrogen and oxygen atoms in total. The second-order valence-electron chi connectivity index (χ2n) is 5.74. The number of hydrogen-bond acceptors (Lipinski definition) is 4. The van der Waals surface area contributed by atoms with Crippen molar-refractivity contribution in [3.63, 3.8) is 0 Å². The molecule has 25 heavy (non-hydrogen) atoms. The van der Waals surface area contributed by atoms with Gasteiger partial charge in [-0.05, 0) is 36.2 Å². The van der Waals surface area contributed by atoms with E-state index in [9.17, 15) is 14.4 Å². The monoisotopic (exact) mass is 334 g/mol. The van der Waals surface area contributed by atoms with E-state index in [1.165, 1.54) is 12.1 Å². The summed E-state index contributed by atoms with van der Waals surface area (Å²) in [6, 6.07) is 13.8. The maximum absolute atomic E-state index is 12.4. The second kappa shape index (κ2) is 5.59. The normalized spacial score (nSPS) is 13.4. The summed E-state index contributed by atoms with van der Waals surface area (Å²) >= 11 is 0. The fourth-order valence-corrected chi connectivity index (χ4v) is 3.02. The number of amides is 2. The number of carbonyl (C=O) groups excluding carboxylic acids is 3. The fraction of sp³-hybridized carbons (Fsp3) is 0.105. The van der Waals surface area contributed by atoms with Crippen molar-refractivity contribution in [2.45, 2.75) is 13.3 Å². The molecule has 4 rings (SSSR count). The van der Waals surface area contributed by atoms with Gasteiger partial charge in [0.05, 0.1) is 11.1 Å². The number of benzene rings is 2. The quantitative estimate of drug-likeness (QED) is 0.747. The van der Waals surface area contributed by atoms with Crippen LogP contribution in [0.4, 0.5) is 0 Å². The van der Waals surface area contributed by atoms with Gasteiger partial charge in [0, 0.05) is 10.9 Å². The first-order valence-electron chi connectivity index (χ1n) is 7.91. The number of hydrogen-bond donors (Lipinski definition) is 1. The molecule has 0 spiro atoms. The Kier molecular flexibility index (Phi) is 3.39. The van der Waals surface area contributed by atoms with Gasteiger partial charge in [0.2, 0.25) is 0 Å². The summed E-state index contributed by atoms with van der Waals surface area (Å²) in [5, 5.41) is 1.43. The van der Waals surface area contributed by atoms with Crippen molar-refractivity contribution in [2.24, 2.45) is 0 Å². The van der Waals surface area contributed by atoms with Crippen LogP contribution in [0, 0.1) is 0 Å². The predicted molar refractivity (Wildman–Crippen MR) is 90.0 cm³/mol. The first-order valence-corrected chi connectivity index (χ1v) is 7.91. The fourth-order valence-electron chi connectivity index (χ4n) is 3.02. The Balaban J connectivity index is 1.63. The summed E-state index contributed by atoms with van der Waals surface area (Å²) in [4.78, 5) is 45.0. The molecule has 1 N–H and O–H groups in total. The molecule has 1 aromatic heterocycles. The highest BCUT2D eigenvalue weighted by atomic mass is 16.7. The molecule has 1 aliphatic rings. The number of nitrogens with one attached hydrogen (secondary N) is 1. The lowest BCUT2D eigenvalue weighted by Crippen LogP contribution is -2.32. The van der Waals surface area contributed by atoms with Crippen molar-refractivity contribution in [3.8, 4) is 0 Å². The molecule has 0 bridgehead atoms. The molecule has 124 valence electrons. The van der Waals surface area contributed by atoms with E-state index >= 15 is 0 Å². The molecule has 0 atom stereocenters. The summed E-state index contributed by atoms with van der Waals surface area (Å²) in [6.07, 6.45) is 0.822. The molecule has 3 aromatic rings. The van der Waals surface area contributed by atoms with Crippen molar-refractivity contribution in [2.75, 3.05) is 0 Å². The molecule has 0 fully saturated rings. The topological polar surface area (TPSA) is 79.5 Å². The second-order valence-corrected chi connectivity index (χ2v) is 5.74. The summed E-state index contributed by atoms with van der Waals surface area (Å²) in [5.41, 5.74) is 2.53. The van der Waals surface area contributed by atoms with Gasteiger partial charge in [-0.3, -0.25) is 9.59 Å². The Morgan fingerprint density at radius 2 is 1.72 bits per heavy atom. The van der Waals surface area contributed by atoms with Crippen LogP contribution in [-0.2, 0) is 11.3 Å². The molecule has 0 radical (unpaired) electrons. The van der Waals surface area contributed by atoms with Crippen molar-refractivity contribution < 1.29 is 19.2 Å². The molecule has 1 aliphatic heterocycles. The van der Waals surface area contributed by atoms with Crippen molar-refractivity contribution in [1.82, 2.24) is 10.0 Å². The van der Waals surface area contributed by atoms with Gasteiger partial charge in [0.1, 0.15) is 5.69 Å². The first kappa shape index (κ1) is 15.1. The van der Waals surface area contributed by atoms with Gasteiger partial charge in [0.25, 0.3) is 11.8 Å². The highest BCUT2D eigenvalue weighted by molar-refractivity contribution is 6.21. The molecule has 0 saturated carbocycles. The Hall–Kier alpha value is -3.41. The number of aryl methyl sites for hydroxylation is 1. The summed E-state index contributed by atoms with van der Waals surface area (Å²) in [7, 11) is 0. The number of rotatable bonds is 3. The van der Waals surface area contributed by atoms with E-state index in [1.807, 2.05) is 25.1 Å². The number of aromatic nitrogens is 1. The van der Waals surface area contributed by atoms with Crippen LogP contribution in [0.3, 0.4) is 0 Å². The zero-order valence-electron chi connectivity index (χ0n) is 13.4. The van der Waals surface area contributed by atoms with Crippen LogP contribution in [-0.4, -0.2) is 27.8 Å². The summed E-state index contributed by atoms with van der Waals surface area (Å²) in [5.74, 6) is -2.06. The number of H-pyrrole nitrogens is 1. The average molecular weight is 334 g/mol. The van der Waals surface area contributed by atoms with Gasteiger partial charge in [-0.15, -0.1) is 0 Å². The number of carbonyl (C=O) groups is 3. The molecular formula is C19H14N2O4. The number of aromatic amines is 1. The number of hydroxylamine groups is 2. The number of imide groups is 1. The highest BCUT2D eigenvalue weighted by Crippen LogP contribution is 2.25. The van der Waals surface area contributed by atoms with Crippen LogP contribution in [0.2, 0.25) is 0 Å². The van der Waals surface area contributed by atoms with E-state index in [2.05, 4.69) is 4.98 Å². The van der Waals surface area contributed by atoms with Crippen molar-refractivity contribution in [1.29, 1.82) is 0 Å². The Bertz CT molecular complexity index is 1000. The third-order valence-electron chi connectivity index (χ3n) is 4.29. The van der Waals surface area contributed by atoms with E-state index in [0.717, 1.165) is 22.9 Å². The summed E-state index contributed by atoms with van der Waals surface area (Å²) in [6.45, 7) is 2.03. The minimum atomic E-state index is -0.784. The van der Waals surface area contributed by atoms with E-state index in [0.29, 0.717) is 5.06 Å². The molecule has 0 unspecified atom stereocenters. The smallest absolute Gasteiger partial charge is 0.349 e. The molecule has 2 amide bonds. The van der Waals surface area contributed by atoms with Crippen molar-refractivity contribution >= 4 is 28.7 Å². The van der Waals surface area contributed by atoms with E-state index < -0.39 is 17.8 Å². The number of nitrogens with zero attached hydrogens (tertiary/aromatic N) is 1. The van der Waals surface area contributed by atoms with Crippen LogP contribution in [0.1, 0.15) is 43.7 Å². The van der Waals surface area contributed by atoms with Crippen LogP contribution in [0.15, 0.2) is 48.5 Å². The van der Waals surface area contributed by atoms with Crippen LogP contribution in [0.5, 0.6) is 0 Å². The predicted octanol–water partition coefficient (Wildman–Crippen LogP) is 3.10. The maximum Gasteiger partial charge on any atom is 0.380 e. The van der Waals surface area contributed by atoms with Gasteiger partial charge in [-0.25, -0.2) is 4.79 Å². The van der Waals surface area contributed by atoms with Gasteiger partial charge in [-0.1, -0.05) is 36.3 Å². The molecule has 0 saturated heterocycles. The molecule has 2 heterocycles. The van der Waals surface area contributed by atoms with E-state index in [1.54, 1.807) is 18.2 Å². The molecule has 0 aliphatic carbocycles. The minimum Gasteiger partial charge on any atom is -0.349 e. The molecule has 2 aromatic carbocycles. The van der Waals surface area contributed by atoms with Crippen LogP contribution >= 0.6 is 0 Å². The Morgan fingerprint density at radius 3 is 2.36 bits per heavy atom. The number of fused-ring (bicyclic) bond motifs is 2. The third kappa shape index (κ3) is 2.30. The standard InChI is InChI=1S/C19H14N2O4/c1-2-11-6-5-9-15-14(11)10-16(20-15)19(24)25-21-17(22)12-7-3-4-8-13(12)18(21)23/h3-10,20H,2H2,1H3. The van der Waals surface area contributed by atoms with E-state index in [-0.39, 0.29) is 16.8 Å². The van der Waals surface area contributed by atoms with Crippen molar-refractivity contribution in [3.05, 3.63) is 70.9 Å². The zero-order valence-corrected chi connectivity index (χ0v) is 13.4. The lowest BCUT2D eigenvalue weighted by atomic mass is 10.1. The van der Waals surface area contributed by atoms with Gasteiger partial charge < -0.3 is 9.82 Å². The van der Waals surface area contributed by atoms with Gasteiger partial charge in [0.15, 0.2) is 0 Å². The highest BCUT2D eigenvalue weighted by Gasteiger charge is 2.39. The van der Waals surface area contributed by atoms with Gasteiger partial charge >= 0.3 is 5.97 Å². The van der Waals surface area contributed by atoms with Crippen LogP contribution < -0.4 is 0 Å². The maximum atomic E-state index is 12.4. The first-order chi connectivity index (χ1) is 12.1.